The first kappa shape index (κ1) is 10.4. The zero-order chi connectivity index (χ0) is 10.7. The summed E-state index contributed by atoms with van der Waals surface area (Å²) < 4.78 is 0. The van der Waals surface area contributed by atoms with Gasteiger partial charge in [-0.2, -0.15) is 11.3 Å². The molecule has 0 aliphatic carbocycles. The Hall–Kier alpha value is -1.12. The summed E-state index contributed by atoms with van der Waals surface area (Å²) in [5.41, 5.74) is 4.07. The van der Waals surface area contributed by atoms with Gasteiger partial charge >= 0.3 is 0 Å². The van der Waals surface area contributed by atoms with Crippen LogP contribution in [-0.4, -0.2) is 19.0 Å². The van der Waals surface area contributed by atoms with Gasteiger partial charge in [-0.15, -0.1) is 0 Å². The average Bonchev–Trinajstić information content (AvgIpc) is 2.70. The van der Waals surface area contributed by atoms with E-state index in [4.69, 9.17) is 0 Å². The predicted molar refractivity (Wildman–Crippen MR) is 67.1 cm³/mol. The molecule has 1 nitrogen and oxygen atoms in total. The molecular weight excluding hydrogens is 202 g/mol. The van der Waals surface area contributed by atoms with Crippen LogP contribution in [0.4, 0.5) is 0 Å². The van der Waals surface area contributed by atoms with E-state index in [-0.39, 0.29) is 0 Å². The molecule has 0 radical (unpaired) electrons. The number of hydrogen-bond donors (Lipinski definition) is 0. The molecule has 0 unspecified atom stereocenters. The zero-order valence-electron chi connectivity index (χ0n) is 9.10. The first-order valence-electron chi connectivity index (χ1n) is 5.02. The Morgan fingerprint density at radius 2 is 1.93 bits per heavy atom. The number of benzene rings is 1. The molecule has 0 atom stereocenters. The summed E-state index contributed by atoms with van der Waals surface area (Å²) in [4.78, 5) is 2.20. The van der Waals surface area contributed by atoms with Gasteiger partial charge in [0.25, 0.3) is 0 Å². The van der Waals surface area contributed by atoms with E-state index in [0.717, 1.165) is 6.54 Å². The molecule has 0 aliphatic rings. The maximum absolute atomic E-state index is 2.20. The Morgan fingerprint density at radius 1 is 1.13 bits per heavy atom. The second-order valence-corrected chi connectivity index (χ2v) is 4.69. The van der Waals surface area contributed by atoms with Crippen LogP contribution in [0, 0.1) is 0 Å². The van der Waals surface area contributed by atoms with Gasteiger partial charge in [0.05, 0.1) is 0 Å². The van der Waals surface area contributed by atoms with Crippen LogP contribution < -0.4 is 0 Å². The highest BCUT2D eigenvalue weighted by Gasteiger charge is 2.05. The fraction of sp³-hybridized carbons (Fsp3) is 0.231. The smallest absolute Gasteiger partial charge is 0.0233 e. The fourth-order valence-corrected chi connectivity index (χ4v) is 2.35. The lowest BCUT2D eigenvalue weighted by molar-refractivity contribution is 0.403. The number of nitrogens with zero attached hydrogens (tertiary/aromatic N) is 1. The molecule has 2 rings (SSSR count). The maximum atomic E-state index is 2.20. The highest BCUT2D eigenvalue weighted by Crippen LogP contribution is 2.26. The second kappa shape index (κ2) is 4.60. The largest absolute Gasteiger partial charge is 0.305 e. The van der Waals surface area contributed by atoms with Gasteiger partial charge in [-0.25, -0.2) is 0 Å². The number of hydrogen-bond acceptors (Lipinski definition) is 2. The van der Waals surface area contributed by atoms with E-state index in [1.807, 2.05) is 0 Å². The molecular formula is C13H15NS. The molecule has 78 valence electrons. The van der Waals surface area contributed by atoms with Crippen LogP contribution >= 0.6 is 11.3 Å². The molecule has 0 amide bonds. The van der Waals surface area contributed by atoms with Crippen LogP contribution in [-0.2, 0) is 6.54 Å². The van der Waals surface area contributed by atoms with E-state index in [0.29, 0.717) is 0 Å². The van der Waals surface area contributed by atoms with Crippen molar-refractivity contribution in [3.63, 3.8) is 0 Å². The molecule has 2 aromatic rings. The lowest BCUT2D eigenvalue weighted by atomic mass is 10.0. The van der Waals surface area contributed by atoms with E-state index < -0.39 is 0 Å². The average molecular weight is 217 g/mol. The summed E-state index contributed by atoms with van der Waals surface area (Å²) in [6.45, 7) is 0.992. The number of thiophene rings is 1. The Morgan fingerprint density at radius 3 is 2.60 bits per heavy atom. The highest BCUT2D eigenvalue weighted by atomic mass is 32.1. The second-order valence-electron chi connectivity index (χ2n) is 3.91. The third-order valence-electron chi connectivity index (χ3n) is 2.34. The topological polar surface area (TPSA) is 3.24 Å². The van der Waals surface area contributed by atoms with Crippen molar-refractivity contribution < 1.29 is 0 Å². The third kappa shape index (κ3) is 2.46. The minimum Gasteiger partial charge on any atom is -0.305 e. The summed E-state index contributed by atoms with van der Waals surface area (Å²) in [5.74, 6) is 0. The van der Waals surface area contributed by atoms with Gasteiger partial charge in [0.1, 0.15) is 0 Å². The van der Waals surface area contributed by atoms with Crippen LogP contribution in [0.2, 0.25) is 0 Å². The van der Waals surface area contributed by atoms with E-state index in [9.17, 15) is 0 Å². The molecule has 1 aromatic carbocycles. The van der Waals surface area contributed by atoms with Crippen LogP contribution in [0.1, 0.15) is 5.56 Å². The molecule has 0 fully saturated rings. The molecule has 1 heterocycles. The quantitative estimate of drug-likeness (QED) is 0.761. The first-order valence-corrected chi connectivity index (χ1v) is 5.97. The molecule has 0 spiro atoms. The summed E-state index contributed by atoms with van der Waals surface area (Å²) in [7, 11) is 4.20. The van der Waals surface area contributed by atoms with Crippen molar-refractivity contribution in [1.29, 1.82) is 0 Å². The Bertz CT molecular complexity index is 418. The van der Waals surface area contributed by atoms with Crippen LogP contribution in [0.5, 0.6) is 0 Å². The molecule has 0 saturated carbocycles. The van der Waals surface area contributed by atoms with E-state index in [1.165, 1.54) is 16.7 Å². The lowest BCUT2D eigenvalue weighted by Crippen LogP contribution is -2.11. The minimum absolute atomic E-state index is 0.992. The Labute approximate surface area is 95.0 Å². The van der Waals surface area contributed by atoms with Gasteiger partial charge in [0, 0.05) is 6.54 Å². The van der Waals surface area contributed by atoms with E-state index in [1.54, 1.807) is 11.3 Å². The first-order chi connectivity index (χ1) is 7.27. The Kier molecular flexibility index (Phi) is 3.19. The molecule has 0 aliphatic heterocycles. The molecule has 0 saturated heterocycles. The van der Waals surface area contributed by atoms with Crippen LogP contribution in [0.3, 0.4) is 0 Å². The molecule has 1 aromatic heterocycles. The van der Waals surface area contributed by atoms with Crippen molar-refractivity contribution in [3.05, 3.63) is 46.7 Å². The monoisotopic (exact) mass is 217 g/mol. The highest BCUT2D eigenvalue weighted by molar-refractivity contribution is 7.08. The number of rotatable bonds is 3. The fourth-order valence-electron chi connectivity index (χ4n) is 1.70. The maximum Gasteiger partial charge on any atom is 0.0233 e. The van der Waals surface area contributed by atoms with Gasteiger partial charge in [-0.3, -0.25) is 0 Å². The van der Waals surface area contributed by atoms with Crippen LogP contribution in [0.15, 0.2) is 41.1 Å². The standard InChI is InChI=1S/C13H15NS/c1-14(2)9-11-5-3-4-6-13(11)12-7-8-15-10-12/h3-8,10H,9H2,1-2H3. The molecule has 0 bridgehead atoms. The zero-order valence-corrected chi connectivity index (χ0v) is 9.92. The lowest BCUT2D eigenvalue weighted by Gasteiger charge is -2.13. The van der Waals surface area contributed by atoms with Gasteiger partial charge in [-0.05, 0) is 47.6 Å². The minimum atomic E-state index is 0.992. The van der Waals surface area contributed by atoms with Crippen molar-refractivity contribution in [3.8, 4) is 11.1 Å². The van der Waals surface area contributed by atoms with Crippen LogP contribution in [0.25, 0.3) is 11.1 Å². The summed E-state index contributed by atoms with van der Waals surface area (Å²) in [6.07, 6.45) is 0. The Balaban J connectivity index is 2.38. The van der Waals surface area contributed by atoms with Gasteiger partial charge < -0.3 is 4.90 Å². The summed E-state index contributed by atoms with van der Waals surface area (Å²) in [5, 5.41) is 4.33. The summed E-state index contributed by atoms with van der Waals surface area (Å²) in [6, 6.07) is 10.8. The van der Waals surface area contributed by atoms with E-state index >= 15 is 0 Å². The van der Waals surface area contributed by atoms with Gasteiger partial charge in [0.2, 0.25) is 0 Å². The third-order valence-corrected chi connectivity index (χ3v) is 3.02. The van der Waals surface area contributed by atoms with Crippen molar-refractivity contribution in [1.82, 2.24) is 4.90 Å². The van der Waals surface area contributed by atoms with Gasteiger partial charge in [0.15, 0.2) is 0 Å². The van der Waals surface area contributed by atoms with Crippen molar-refractivity contribution in [2.24, 2.45) is 0 Å². The predicted octanol–water partition coefficient (Wildman–Crippen LogP) is 3.48. The van der Waals surface area contributed by atoms with Crippen molar-refractivity contribution >= 4 is 11.3 Å². The van der Waals surface area contributed by atoms with E-state index in [2.05, 4.69) is 60.1 Å². The van der Waals surface area contributed by atoms with Crippen molar-refractivity contribution in [2.75, 3.05) is 14.1 Å². The van der Waals surface area contributed by atoms with Gasteiger partial charge in [-0.1, -0.05) is 24.3 Å². The SMILES string of the molecule is CN(C)Cc1ccccc1-c1ccsc1. The van der Waals surface area contributed by atoms with Crippen molar-refractivity contribution in [2.45, 2.75) is 6.54 Å². The molecule has 2 heteroatoms. The molecule has 15 heavy (non-hydrogen) atoms. The normalized spacial score (nSPS) is 10.9. The summed E-state index contributed by atoms with van der Waals surface area (Å²) >= 11 is 1.75. The molecule has 0 N–H and O–H groups in total.